The lowest BCUT2D eigenvalue weighted by atomic mass is 9.92. The number of ketones is 1. The van der Waals surface area contributed by atoms with Crippen LogP contribution in [-0.2, 0) is 19.3 Å². The van der Waals surface area contributed by atoms with Gasteiger partial charge in [0.2, 0.25) is 0 Å². The van der Waals surface area contributed by atoms with Crippen molar-refractivity contribution < 1.29 is 24.1 Å². The average molecular weight is 650 g/mol. The standard InChI is InChI=1S/C41H35N3O5/c1-24-20-25(2)39(26(3)21-24)41(47)33-15-19-38-36(23-33)35-22-32(40(43-49-29(6)46)31-10-8-7-9-11-31)14-18-37(35)44(38)34-16-12-30(13-17-34)27(4)42-48-28(5)45/h7-23H,1-6H3. The molecular formula is C41H35N3O5. The number of aromatic nitrogens is 1. The van der Waals surface area contributed by atoms with Crippen LogP contribution in [0.4, 0.5) is 0 Å². The van der Waals surface area contributed by atoms with E-state index in [-0.39, 0.29) is 5.78 Å². The highest BCUT2D eigenvalue weighted by atomic mass is 16.7. The molecule has 0 aliphatic rings. The highest BCUT2D eigenvalue weighted by Gasteiger charge is 2.20. The summed E-state index contributed by atoms with van der Waals surface area (Å²) in [6.07, 6.45) is 0. The fourth-order valence-corrected chi connectivity index (χ4v) is 6.29. The van der Waals surface area contributed by atoms with Crippen molar-refractivity contribution in [1.29, 1.82) is 0 Å². The van der Waals surface area contributed by atoms with E-state index in [9.17, 15) is 14.4 Å². The summed E-state index contributed by atoms with van der Waals surface area (Å²) in [6, 6.07) is 33.2. The third-order valence-corrected chi connectivity index (χ3v) is 8.37. The van der Waals surface area contributed by atoms with E-state index >= 15 is 0 Å². The Kier molecular flexibility index (Phi) is 9.05. The second kappa shape index (κ2) is 13.5. The Morgan fingerprint density at radius 1 is 0.571 bits per heavy atom. The van der Waals surface area contributed by atoms with E-state index < -0.39 is 11.9 Å². The molecule has 0 bridgehead atoms. The largest absolute Gasteiger partial charge is 0.332 e. The number of carbonyl (C=O) groups is 3. The minimum absolute atomic E-state index is 0.0396. The number of rotatable bonds is 8. The summed E-state index contributed by atoms with van der Waals surface area (Å²) in [7, 11) is 0. The minimum Gasteiger partial charge on any atom is -0.318 e. The molecule has 6 rings (SSSR count). The molecule has 49 heavy (non-hydrogen) atoms. The Hall–Kier alpha value is -6.15. The number of hydrogen-bond donors (Lipinski definition) is 0. The van der Waals surface area contributed by atoms with Gasteiger partial charge in [-0.3, -0.25) is 4.79 Å². The van der Waals surface area contributed by atoms with Crippen molar-refractivity contribution in [1.82, 2.24) is 4.57 Å². The first-order valence-corrected chi connectivity index (χ1v) is 15.9. The lowest BCUT2D eigenvalue weighted by Gasteiger charge is -2.11. The van der Waals surface area contributed by atoms with Crippen LogP contribution in [0.2, 0.25) is 0 Å². The number of benzene rings is 5. The van der Waals surface area contributed by atoms with Crippen molar-refractivity contribution in [2.45, 2.75) is 41.5 Å². The van der Waals surface area contributed by atoms with Gasteiger partial charge in [0.05, 0.1) is 16.7 Å². The molecule has 244 valence electrons. The van der Waals surface area contributed by atoms with Gasteiger partial charge in [0.1, 0.15) is 5.71 Å². The van der Waals surface area contributed by atoms with Crippen LogP contribution in [0.15, 0.2) is 113 Å². The number of nitrogens with zero attached hydrogens (tertiary/aromatic N) is 3. The highest BCUT2D eigenvalue weighted by molar-refractivity contribution is 6.19. The molecule has 6 aromatic rings. The zero-order valence-electron chi connectivity index (χ0n) is 28.2. The maximum absolute atomic E-state index is 14.0. The predicted octanol–water partition coefficient (Wildman–Crippen LogP) is 8.54. The molecule has 8 heteroatoms. The monoisotopic (exact) mass is 649 g/mol. The fraction of sp³-hybridized carbons (Fsp3) is 0.146. The van der Waals surface area contributed by atoms with Crippen LogP contribution in [0, 0.1) is 20.8 Å². The SMILES string of the molecule is CC(=O)ON=C(C)c1ccc(-n2c3ccc(C(=O)c4c(C)cc(C)cc4C)cc3c3cc(C(=NOC(C)=O)c4ccccc4)ccc32)cc1. The molecule has 0 unspecified atom stereocenters. The van der Waals surface area contributed by atoms with E-state index in [0.29, 0.717) is 22.6 Å². The molecule has 0 aliphatic carbocycles. The van der Waals surface area contributed by atoms with Gasteiger partial charge in [-0.2, -0.15) is 0 Å². The topological polar surface area (TPSA) is 99.3 Å². The van der Waals surface area contributed by atoms with Gasteiger partial charge in [0.15, 0.2) is 5.78 Å². The first kappa shape index (κ1) is 32.8. The van der Waals surface area contributed by atoms with E-state index in [0.717, 1.165) is 60.9 Å². The maximum atomic E-state index is 14.0. The second-order valence-electron chi connectivity index (χ2n) is 12.1. The Morgan fingerprint density at radius 2 is 1.10 bits per heavy atom. The second-order valence-corrected chi connectivity index (χ2v) is 12.1. The van der Waals surface area contributed by atoms with Crippen molar-refractivity contribution in [3.8, 4) is 5.69 Å². The molecule has 0 N–H and O–H groups in total. The van der Waals surface area contributed by atoms with E-state index in [1.165, 1.54) is 13.8 Å². The lowest BCUT2D eigenvalue weighted by Crippen LogP contribution is -2.07. The zero-order chi connectivity index (χ0) is 34.8. The first-order valence-electron chi connectivity index (χ1n) is 15.9. The van der Waals surface area contributed by atoms with Gasteiger partial charge in [-0.05, 0) is 86.8 Å². The summed E-state index contributed by atoms with van der Waals surface area (Å²) in [4.78, 5) is 47.1. The molecule has 0 amide bonds. The van der Waals surface area contributed by atoms with E-state index in [1.54, 1.807) is 6.92 Å². The summed E-state index contributed by atoms with van der Waals surface area (Å²) in [6.45, 7) is 10.4. The zero-order valence-corrected chi connectivity index (χ0v) is 28.2. The van der Waals surface area contributed by atoms with Gasteiger partial charge in [-0.1, -0.05) is 76.5 Å². The van der Waals surface area contributed by atoms with Gasteiger partial charge >= 0.3 is 11.9 Å². The lowest BCUT2D eigenvalue weighted by molar-refractivity contribution is -0.141. The summed E-state index contributed by atoms with van der Waals surface area (Å²) < 4.78 is 2.14. The molecule has 1 heterocycles. The van der Waals surface area contributed by atoms with Gasteiger partial charge in [0.25, 0.3) is 0 Å². The number of hydrogen-bond acceptors (Lipinski definition) is 7. The smallest absolute Gasteiger partial charge is 0.318 e. The number of fused-ring (bicyclic) bond motifs is 3. The van der Waals surface area contributed by atoms with E-state index in [1.807, 2.05) is 124 Å². The molecule has 0 radical (unpaired) electrons. The summed E-state index contributed by atoms with van der Waals surface area (Å²) in [5, 5.41) is 9.93. The van der Waals surface area contributed by atoms with Gasteiger partial charge < -0.3 is 14.2 Å². The molecule has 0 saturated carbocycles. The molecule has 5 aromatic carbocycles. The maximum Gasteiger partial charge on any atom is 0.332 e. The quantitative estimate of drug-likeness (QED) is 0.0712. The number of carbonyl (C=O) groups excluding carboxylic acids is 3. The van der Waals surface area contributed by atoms with Gasteiger partial charge in [-0.25, -0.2) is 9.59 Å². The van der Waals surface area contributed by atoms with Crippen LogP contribution in [-0.4, -0.2) is 33.7 Å². The fourth-order valence-electron chi connectivity index (χ4n) is 6.29. The summed E-state index contributed by atoms with van der Waals surface area (Å²) >= 11 is 0. The third-order valence-electron chi connectivity index (χ3n) is 8.37. The third kappa shape index (κ3) is 6.67. The van der Waals surface area contributed by atoms with E-state index in [4.69, 9.17) is 9.68 Å². The Morgan fingerprint density at radius 3 is 1.69 bits per heavy atom. The molecule has 0 aliphatic heterocycles. The van der Waals surface area contributed by atoms with Crippen LogP contribution in [0.3, 0.4) is 0 Å². The van der Waals surface area contributed by atoms with Gasteiger partial charge in [0, 0.05) is 52.6 Å². The molecule has 1 aromatic heterocycles. The number of aryl methyl sites for hydroxylation is 3. The van der Waals surface area contributed by atoms with Crippen molar-refractivity contribution >= 4 is 51.0 Å². The van der Waals surface area contributed by atoms with Crippen LogP contribution in [0.1, 0.15) is 70.1 Å². The van der Waals surface area contributed by atoms with Gasteiger partial charge in [-0.15, -0.1) is 0 Å². The molecule has 0 spiro atoms. The molecule has 0 saturated heterocycles. The molecular weight excluding hydrogens is 614 g/mol. The molecule has 0 atom stereocenters. The highest BCUT2D eigenvalue weighted by Crippen LogP contribution is 2.35. The summed E-state index contributed by atoms with van der Waals surface area (Å²) in [5.74, 6) is -1.05. The Labute approximate surface area is 284 Å². The summed E-state index contributed by atoms with van der Waals surface area (Å²) in [5.41, 5.74) is 10.4. The van der Waals surface area contributed by atoms with E-state index in [2.05, 4.69) is 14.9 Å². The molecule has 8 nitrogen and oxygen atoms in total. The van der Waals surface area contributed by atoms with Crippen LogP contribution in [0.5, 0.6) is 0 Å². The van der Waals surface area contributed by atoms with Crippen LogP contribution in [0.25, 0.3) is 27.5 Å². The minimum atomic E-state index is -0.521. The van der Waals surface area contributed by atoms with Crippen LogP contribution < -0.4 is 0 Å². The van der Waals surface area contributed by atoms with Crippen molar-refractivity contribution in [3.63, 3.8) is 0 Å². The average Bonchev–Trinajstić information content (AvgIpc) is 3.40. The van der Waals surface area contributed by atoms with Crippen molar-refractivity contribution in [2.24, 2.45) is 10.3 Å². The Bertz CT molecular complexity index is 2310. The first-order chi connectivity index (χ1) is 23.5. The molecule has 0 fully saturated rings. The normalized spacial score (nSPS) is 12.0. The van der Waals surface area contributed by atoms with Crippen molar-refractivity contribution in [2.75, 3.05) is 0 Å². The number of oxime groups is 2. The predicted molar refractivity (Wildman–Crippen MR) is 193 cm³/mol. The Balaban J connectivity index is 1.56. The van der Waals surface area contributed by atoms with Crippen molar-refractivity contribution in [3.05, 3.63) is 148 Å². The van der Waals surface area contributed by atoms with Crippen LogP contribution >= 0.6 is 0 Å².